The molecule has 2 N–H and O–H groups in total. The minimum atomic E-state index is 0.311. The Bertz CT molecular complexity index is 516. The van der Waals surface area contributed by atoms with E-state index in [1.54, 1.807) is 19.4 Å². The molecule has 1 fully saturated rings. The van der Waals surface area contributed by atoms with Crippen molar-refractivity contribution in [1.29, 1.82) is 0 Å². The fourth-order valence-electron chi connectivity index (χ4n) is 2.88. The first-order valence-corrected chi connectivity index (χ1v) is 9.51. The first kappa shape index (κ1) is 20.5. The Kier molecular flexibility index (Phi) is 9.20. The molecule has 0 aromatic carbocycles. The summed E-state index contributed by atoms with van der Waals surface area (Å²) in [4.78, 5) is 10.8. The number of rotatable bonds is 9. The van der Waals surface area contributed by atoms with Crippen LogP contribution in [0.5, 0.6) is 5.75 Å². The van der Waals surface area contributed by atoms with E-state index in [-0.39, 0.29) is 0 Å². The number of nitrogens with one attached hydrogen (secondary N) is 2. The van der Waals surface area contributed by atoms with Gasteiger partial charge in [0.05, 0.1) is 25.5 Å². The number of pyridine rings is 1. The first-order chi connectivity index (χ1) is 12.7. The molecule has 0 saturated carbocycles. The highest BCUT2D eigenvalue weighted by atomic mass is 16.5. The van der Waals surface area contributed by atoms with E-state index in [1.807, 2.05) is 12.1 Å². The van der Waals surface area contributed by atoms with Gasteiger partial charge in [-0.25, -0.2) is 0 Å². The highest BCUT2D eigenvalue weighted by molar-refractivity contribution is 5.79. The SMILES string of the molecule is CN=C(NCCOc1cccnc1)NC1CCN(CCOC(C)C)CC1. The Morgan fingerprint density at radius 3 is 2.81 bits per heavy atom. The number of ether oxygens (including phenoxy) is 2. The van der Waals surface area contributed by atoms with Crippen LogP contribution in [0.2, 0.25) is 0 Å². The van der Waals surface area contributed by atoms with Crippen LogP contribution in [0, 0.1) is 0 Å². The van der Waals surface area contributed by atoms with E-state index in [4.69, 9.17) is 9.47 Å². The van der Waals surface area contributed by atoms with Crippen molar-refractivity contribution in [3.63, 3.8) is 0 Å². The molecule has 146 valence electrons. The fraction of sp³-hybridized carbons (Fsp3) is 0.684. The third-order valence-corrected chi connectivity index (χ3v) is 4.31. The number of likely N-dealkylation sites (tertiary alicyclic amines) is 1. The van der Waals surface area contributed by atoms with Crippen LogP contribution in [0.3, 0.4) is 0 Å². The molecule has 7 nitrogen and oxygen atoms in total. The lowest BCUT2D eigenvalue weighted by atomic mass is 10.1. The molecule has 26 heavy (non-hydrogen) atoms. The van der Waals surface area contributed by atoms with Gasteiger partial charge >= 0.3 is 0 Å². The van der Waals surface area contributed by atoms with Crippen LogP contribution < -0.4 is 15.4 Å². The van der Waals surface area contributed by atoms with E-state index in [0.29, 0.717) is 25.3 Å². The van der Waals surface area contributed by atoms with Crippen LogP contribution in [-0.4, -0.2) is 74.4 Å². The number of guanidine groups is 1. The summed E-state index contributed by atoms with van der Waals surface area (Å²) in [5.74, 6) is 1.62. The second-order valence-corrected chi connectivity index (χ2v) is 6.72. The third kappa shape index (κ3) is 8.01. The largest absolute Gasteiger partial charge is 0.490 e. The Labute approximate surface area is 157 Å². The maximum Gasteiger partial charge on any atom is 0.191 e. The van der Waals surface area contributed by atoms with E-state index in [9.17, 15) is 0 Å². The van der Waals surface area contributed by atoms with Crippen molar-refractivity contribution in [2.45, 2.75) is 38.8 Å². The second kappa shape index (κ2) is 11.7. The molecular weight excluding hydrogens is 330 g/mol. The number of nitrogens with zero attached hydrogens (tertiary/aromatic N) is 3. The quantitative estimate of drug-likeness (QED) is 0.394. The minimum absolute atomic E-state index is 0.311. The molecule has 0 atom stereocenters. The summed E-state index contributed by atoms with van der Waals surface area (Å²) in [6.07, 6.45) is 6.00. The van der Waals surface area contributed by atoms with Gasteiger partial charge in [-0.05, 0) is 38.8 Å². The Morgan fingerprint density at radius 1 is 1.35 bits per heavy atom. The van der Waals surface area contributed by atoms with E-state index in [1.165, 1.54) is 0 Å². The highest BCUT2D eigenvalue weighted by Crippen LogP contribution is 2.10. The van der Waals surface area contributed by atoms with E-state index in [0.717, 1.165) is 50.8 Å². The van der Waals surface area contributed by atoms with Crippen molar-refractivity contribution < 1.29 is 9.47 Å². The standard InChI is InChI=1S/C19H33N5O2/c1-16(2)25-14-12-24-10-6-17(7-11-24)23-19(20-3)22-9-13-26-18-5-4-8-21-15-18/h4-5,8,15-17H,6-7,9-14H2,1-3H3,(H2,20,22,23). The van der Waals surface area contributed by atoms with Crippen LogP contribution in [-0.2, 0) is 4.74 Å². The van der Waals surface area contributed by atoms with Gasteiger partial charge in [0.2, 0.25) is 0 Å². The zero-order valence-electron chi connectivity index (χ0n) is 16.3. The molecule has 0 amide bonds. The van der Waals surface area contributed by atoms with Gasteiger partial charge in [0.1, 0.15) is 12.4 Å². The minimum Gasteiger partial charge on any atom is -0.490 e. The molecule has 0 spiro atoms. The van der Waals surface area contributed by atoms with E-state index in [2.05, 4.69) is 39.4 Å². The van der Waals surface area contributed by atoms with Crippen molar-refractivity contribution in [2.24, 2.45) is 4.99 Å². The van der Waals surface area contributed by atoms with Gasteiger partial charge < -0.3 is 25.0 Å². The van der Waals surface area contributed by atoms with Crippen LogP contribution in [0.25, 0.3) is 0 Å². The lowest BCUT2D eigenvalue weighted by Gasteiger charge is -2.33. The molecule has 0 unspecified atom stereocenters. The van der Waals surface area contributed by atoms with Crippen molar-refractivity contribution >= 4 is 5.96 Å². The number of aliphatic imine (C=N–C) groups is 1. The molecule has 7 heteroatoms. The average molecular weight is 364 g/mol. The van der Waals surface area contributed by atoms with Gasteiger partial charge in [0.25, 0.3) is 0 Å². The molecule has 1 aliphatic heterocycles. The predicted molar refractivity (Wildman–Crippen MR) is 105 cm³/mol. The molecule has 1 aliphatic rings. The third-order valence-electron chi connectivity index (χ3n) is 4.31. The predicted octanol–water partition coefficient (Wildman–Crippen LogP) is 1.51. The average Bonchev–Trinajstić information content (AvgIpc) is 2.66. The van der Waals surface area contributed by atoms with Gasteiger partial charge in [-0.3, -0.25) is 9.98 Å². The van der Waals surface area contributed by atoms with E-state index < -0.39 is 0 Å². The molecule has 0 radical (unpaired) electrons. The Morgan fingerprint density at radius 2 is 2.15 bits per heavy atom. The lowest BCUT2D eigenvalue weighted by molar-refractivity contribution is 0.0532. The zero-order valence-corrected chi connectivity index (χ0v) is 16.3. The summed E-state index contributed by atoms with van der Waals surface area (Å²) >= 11 is 0. The molecule has 0 bridgehead atoms. The number of piperidine rings is 1. The number of aromatic nitrogens is 1. The molecule has 0 aliphatic carbocycles. The summed E-state index contributed by atoms with van der Waals surface area (Å²) in [7, 11) is 1.80. The fourth-order valence-corrected chi connectivity index (χ4v) is 2.88. The summed E-state index contributed by atoms with van der Waals surface area (Å²) in [6, 6.07) is 4.23. The Hall–Kier alpha value is -1.86. The van der Waals surface area contributed by atoms with Gasteiger partial charge in [-0.1, -0.05) is 0 Å². The summed E-state index contributed by atoms with van der Waals surface area (Å²) < 4.78 is 11.3. The number of hydrogen-bond donors (Lipinski definition) is 2. The topological polar surface area (TPSA) is 71.0 Å². The van der Waals surface area contributed by atoms with Gasteiger partial charge in [0, 0.05) is 38.9 Å². The number of hydrogen-bond acceptors (Lipinski definition) is 5. The maximum absolute atomic E-state index is 5.64. The summed E-state index contributed by atoms with van der Waals surface area (Å²) in [5, 5.41) is 6.82. The normalized spacial score (nSPS) is 16.7. The van der Waals surface area contributed by atoms with Gasteiger partial charge in [0.15, 0.2) is 5.96 Å². The first-order valence-electron chi connectivity index (χ1n) is 9.51. The zero-order chi connectivity index (χ0) is 18.6. The van der Waals surface area contributed by atoms with Gasteiger partial charge in [-0.15, -0.1) is 0 Å². The molecule has 2 rings (SSSR count). The highest BCUT2D eigenvalue weighted by Gasteiger charge is 2.19. The molecule has 1 aromatic rings. The Balaban J connectivity index is 1.58. The van der Waals surface area contributed by atoms with E-state index >= 15 is 0 Å². The molecule has 2 heterocycles. The second-order valence-electron chi connectivity index (χ2n) is 6.72. The molecule has 1 aromatic heterocycles. The lowest BCUT2D eigenvalue weighted by Crippen LogP contribution is -2.49. The smallest absolute Gasteiger partial charge is 0.191 e. The van der Waals surface area contributed by atoms with Crippen molar-refractivity contribution in [1.82, 2.24) is 20.5 Å². The van der Waals surface area contributed by atoms with Crippen LogP contribution in [0.1, 0.15) is 26.7 Å². The van der Waals surface area contributed by atoms with Crippen molar-refractivity contribution in [3.8, 4) is 5.75 Å². The van der Waals surface area contributed by atoms with Crippen molar-refractivity contribution in [2.75, 3.05) is 46.4 Å². The van der Waals surface area contributed by atoms with Crippen LogP contribution >= 0.6 is 0 Å². The van der Waals surface area contributed by atoms with Crippen LogP contribution in [0.4, 0.5) is 0 Å². The molecule has 1 saturated heterocycles. The summed E-state index contributed by atoms with van der Waals surface area (Å²) in [5.41, 5.74) is 0. The monoisotopic (exact) mass is 363 g/mol. The maximum atomic E-state index is 5.64. The van der Waals surface area contributed by atoms with Gasteiger partial charge in [-0.2, -0.15) is 0 Å². The summed E-state index contributed by atoms with van der Waals surface area (Å²) in [6.45, 7) is 9.45. The molecular formula is C19H33N5O2. The van der Waals surface area contributed by atoms with Crippen LogP contribution in [0.15, 0.2) is 29.5 Å². The van der Waals surface area contributed by atoms with Crippen molar-refractivity contribution in [3.05, 3.63) is 24.5 Å².